The Morgan fingerprint density at radius 1 is 0.351 bits per heavy atom. The van der Waals surface area contributed by atoms with E-state index in [-0.39, 0.29) is 18.5 Å². The number of amides is 1. The van der Waals surface area contributed by atoms with Crippen LogP contribution < -0.4 is 5.32 Å². The highest BCUT2D eigenvalue weighted by Gasteiger charge is 2.20. The molecule has 0 saturated carbocycles. The maximum atomic E-state index is 12.5. The normalized spacial score (nSPS) is 12.5. The minimum Gasteiger partial charge on any atom is -0.466 e. The molecule has 0 aliphatic carbocycles. The van der Waals surface area contributed by atoms with E-state index >= 15 is 0 Å². The summed E-state index contributed by atoms with van der Waals surface area (Å²) < 4.78 is 5.51. The molecule has 2 atom stereocenters. The third kappa shape index (κ3) is 63.6. The second-order valence-electron chi connectivity index (χ2n) is 24.6. The molecule has 0 radical (unpaired) electrons. The maximum absolute atomic E-state index is 12.5. The van der Waals surface area contributed by atoms with Crippen molar-refractivity contribution in [2.45, 2.75) is 418 Å². The van der Waals surface area contributed by atoms with Gasteiger partial charge < -0.3 is 20.3 Å². The zero-order valence-electron chi connectivity index (χ0n) is 52.5. The van der Waals surface area contributed by atoms with Crippen molar-refractivity contribution in [2.24, 2.45) is 0 Å². The number of aliphatic hydroxyl groups excluding tert-OH is 2. The Kier molecular flexibility index (Phi) is 65.9. The molecule has 77 heavy (non-hydrogen) atoms. The van der Waals surface area contributed by atoms with Crippen LogP contribution in [0.2, 0.25) is 0 Å². The molecule has 0 rings (SSSR count). The monoisotopic (exact) mass is 1090 g/mol. The lowest BCUT2D eigenvalue weighted by molar-refractivity contribution is -0.143. The van der Waals surface area contributed by atoms with E-state index < -0.39 is 12.1 Å². The molecule has 0 aromatic rings. The van der Waals surface area contributed by atoms with Crippen molar-refractivity contribution in [3.63, 3.8) is 0 Å². The van der Waals surface area contributed by atoms with Gasteiger partial charge >= 0.3 is 5.97 Å². The summed E-state index contributed by atoms with van der Waals surface area (Å²) in [6.07, 6.45) is 82.6. The second kappa shape index (κ2) is 67.1. The standard InChI is InChI=1S/C71H139NO5/c1-3-5-7-9-11-13-15-17-19-21-33-37-41-45-49-53-57-61-65-71(76)77-66-62-58-54-50-46-42-38-34-30-28-26-24-22-23-25-27-29-32-36-40-44-48-52-56-60-64-70(75)72-68(67-73)69(74)63-59-55-51-47-43-39-35-31-20-18-16-14-12-10-8-6-4-2/h23,25,68-69,73-74H,3-22,24,26-67H2,1-2H3,(H,72,75)/b25-23-. The van der Waals surface area contributed by atoms with Gasteiger partial charge in [0.1, 0.15) is 0 Å². The first kappa shape index (κ1) is 75.6. The topological polar surface area (TPSA) is 95.9 Å². The van der Waals surface area contributed by atoms with Crippen LogP contribution in [-0.4, -0.2) is 47.4 Å². The fourth-order valence-corrected chi connectivity index (χ4v) is 11.4. The van der Waals surface area contributed by atoms with Crippen molar-refractivity contribution in [2.75, 3.05) is 13.2 Å². The van der Waals surface area contributed by atoms with Crippen molar-refractivity contribution in [1.29, 1.82) is 0 Å². The van der Waals surface area contributed by atoms with E-state index in [0.717, 1.165) is 38.5 Å². The zero-order chi connectivity index (χ0) is 55.7. The number of carbonyl (C=O) groups excluding carboxylic acids is 2. The summed E-state index contributed by atoms with van der Waals surface area (Å²) in [5.74, 6) is -0.0152. The molecule has 458 valence electrons. The van der Waals surface area contributed by atoms with Gasteiger partial charge in [-0.2, -0.15) is 0 Å². The number of unbranched alkanes of at least 4 members (excludes halogenated alkanes) is 54. The molecule has 2 unspecified atom stereocenters. The molecule has 0 saturated heterocycles. The van der Waals surface area contributed by atoms with Gasteiger partial charge in [-0.25, -0.2) is 0 Å². The Labute approximate surface area is 482 Å². The number of ether oxygens (including phenoxy) is 1. The number of carbonyl (C=O) groups is 2. The maximum Gasteiger partial charge on any atom is 0.305 e. The van der Waals surface area contributed by atoms with E-state index in [1.54, 1.807) is 0 Å². The molecule has 1 amide bonds. The molecule has 6 nitrogen and oxygen atoms in total. The molecular weight excluding hydrogens is 947 g/mol. The summed E-state index contributed by atoms with van der Waals surface area (Å²) in [5, 5.41) is 23.4. The van der Waals surface area contributed by atoms with E-state index in [1.807, 2.05) is 0 Å². The Hall–Kier alpha value is -1.40. The van der Waals surface area contributed by atoms with Crippen LogP contribution in [0.5, 0.6) is 0 Å². The molecule has 0 spiro atoms. The van der Waals surface area contributed by atoms with Crippen molar-refractivity contribution in [3.8, 4) is 0 Å². The molecular formula is C71H139NO5. The smallest absolute Gasteiger partial charge is 0.305 e. The van der Waals surface area contributed by atoms with E-state index in [2.05, 4.69) is 31.3 Å². The van der Waals surface area contributed by atoms with Crippen LogP contribution in [0.15, 0.2) is 12.2 Å². The fraction of sp³-hybridized carbons (Fsp3) is 0.944. The van der Waals surface area contributed by atoms with Crippen LogP contribution in [-0.2, 0) is 14.3 Å². The van der Waals surface area contributed by atoms with Gasteiger partial charge in [0.2, 0.25) is 5.91 Å². The lowest BCUT2D eigenvalue weighted by atomic mass is 10.0. The number of hydrogen-bond acceptors (Lipinski definition) is 5. The van der Waals surface area contributed by atoms with Crippen molar-refractivity contribution >= 4 is 11.9 Å². The molecule has 0 aromatic carbocycles. The van der Waals surface area contributed by atoms with E-state index in [0.29, 0.717) is 25.9 Å². The Morgan fingerprint density at radius 2 is 0.610 bits per heavy atom. The number of esters is 1. The number of hydrogen-bond donors (Lipinski definition) is 3. The predicted molar refractivity (Wildman–Crippen MR) is 338 cm³/mol. The summed E-state index contributed by atoms with van der Waals surface area (Å²) in [6.45, 7) is 5.00. The highest BCUT2D eigenvalue weighted by Crippen LogP contribution is 2.19. The van der Waals surface area contributed by atoms with E-state index in [1.165, 1.54) is 334 Å². The molecule has 3 N–H and O–H groups in total. The third-order valence-electron chi connectivity index (χ3n) is 16.8. The average Bonchev–Trinajstić information content (AvgIpc) is 3.43. The van der Waals surface area contributed by atoms with Crippen molar-refractivity contribution < 1.29 is 24.5 Å². The summed E-state index contributed by atoms with van der Waals surface area (Å²) in [6, 6.07) is -0.543. The summed E-state index contributed by atoms with van der Waals surface area (Å²) >= 11 is 0. The molecule has 6 heteroatoms. The summed E-state index contributed by atoms with van der Waals surface area (Å²) in [7, 11) is 0. The van der Waals surface area contributed by atoms with Crippen LogP contribution in [0.1, 0.15) is 406 Å². The molecule has 0 fully saturated rings. The minimum absolute atomic E-state index is 0.0190. The van der Waals surface area contributed by atoms with Gasteiger partial charge in [0, 0.05) is 12.8 Å². The van der Waals surface area contributed by atoms with Crippen LogP contribution >= 0.6 is 0 Å². The molecule has 0 heterocycles. The van der Waals surface area contributed by atoms with E-state index in [9.17, 15) is 19.8 Å². The predicted octanol–water partition coefficient (Wildman–Crippen LogP) is 22.8. The highest BCUT2D eigenvalue weighted by molar-refractivity contribution is 5.76. The molecule has 0 aliphatic heterocycles. The molecule has 0 bridgehead atoms. The van der Waals surface area contributed by atoms with Gasteiger partial charge in [-0.1, -0.05) is 353 Å². The number of aliphatic hydroxyl groups is 2. The van der Waals surface area contributed by atoms with Gasteiger partial charge in [-0.05, 0) is 51.4 Å². The second-order valence-corrected chi connectivity index (χ2v) is 24.6. The Bertz CT molecular complexity index is 1160. The van der Waals surface area contributed by atoms with Crippen molar-refractivity contribution in [1.82, 2.24) is 5.32 Å². The van der Waals surface area contributed by atoms with Crippen LogP contribution in [0.4, 0.5) is 0 Å². The van der Waals surface area contributed by atoms with E-state index in [4.69, 9.17) is 4.74 Å². The lowest BCUT2D eigenvalue weighted by Gasteiger charge is -2.22. The number of allylic oxidation sites excluding steroid dienone is 2. The lowest BCUT2D eigenvalue weighted by Crippen LogP contribution is -2.45. The quantitative estimate of drug-likeness (QED) is 0.0320. The Balaban J connectivity index is 3.37. The van der Waals surface area contributed by atoms with Gasteiger partial charge in [-0.15, -0.1) is 0 Å². The van der Waals surface area contributed by atoms with Gasteiger partial charge in [0.15, 0.2) is 0 Å². The van der Waals surface area contributed by atoms with Crippen LogP contribution in [0.3, 0.4) is 0 Å². The highest BCUT2D eigenvalue weighted by atomic mass is 16.5. The van der Waals surface area contributed by atoms with Crippen LogP contribution in [0, 0.1) is 0 Å². The van der Waals surface area contributed by atoms with Gasteiger partial charge in [0.25, 0.3) is 0 Å². The minimum atomic E-state index is -0.666. The third-order valence-corrected chi connectivity index (χ3v) is 16.8. The van der Waals surface area contributed by atoms with Crippen molar-refractivity contribution in [3.05, 3.63) is 12.2 Å². The fourth-order valence-electron chi connectivity index (χ4n) is 11.4. The zero-order valence-corrected chi connectivity index (χ0v) is 52.5. The first-order chi connectivity index (χ1) is 38.0. The van der Waals surface area contributed by atoms with Crippen LogP contribution in [0.25, 0.3) is 0 Å². The molecule has 0 aromatic heterocycles. The van der Waals surface area contributed by atoms with Gasteiger partial charge in [-0.3, -0.25) is 9.59 Å². The summed E-state index contributed by atoms with van der Waals surface area (Å²) in [5.41, 5.74) is 0. The number of rotatable bonds is 67. The molecule has 0 aliphatic rings. The average molecular weight is 1090 g/mol. The SMILES string of the molecule is CCCCCCCCCCCCCCCCCCCCC(=O)OCCCCCCCCCCCCCC/C=C\CCCCCCCCCCCC(=O)NC(CO)C(O)CCCCCCCCCCCCCCCCCCC. The first-order valence-corrected chi connectivity index (χ1v) is 35.4. The van der Waals surface area contributed by atoms with Gasteiger partial charge in [0.05, 0.1) is 25.4 Å². The summed E-state index contributed by atoms with van der Waals surface area (Å²) in [4.78, 5) is 24.6. The number of nitrogens with one attached hydrogen (secondary N) is 1. The first-order valence-electron chi connectivity index (χ1n) is 35.4. The Morgan fingerprint density at radius 3 is 0.922 bits per heavy atom. The largest absolute Gasteiger partial charge is 0.466 e.